The van der Waals surface area contributed by atoms with Crippen molar-refractivity contribution in [3.63, 3.8) is 0 Å². The summed E-state index contributed by atoms with van der Waals surface area (Å²) in [6, 6.07) is 16.2. The van der Waals surface area contributed by atoms with Crippen LogP contribution in [0.2, 0.25) is 0 Å². The summed E-state index contributed by atoms with van der Waals surface area (Å²) in [5, 5.41) is 13.6. The van der Waals surface area contributed by atoms with Crippen molar-refractivity contribution in [2.45, 2.75) is 13.8 Å². The molecule has 2 N–H and O–H groups in total. The Morgan fingerprint density at radius 3 is 2.77 bits per heavy atom. The number of H-pyrrole nitrogens is 1. The van der Waals surface area contributed by atoms with E-state index in [2.05, 4.69) is 43.7 Å². The monoisotopic (exact) mass is 342 g/mol. The van der Waals surface area contributed by atoms with Gasteiger partial charge < -0.3 is 4.98 Å². The number of rotatable bonds is 4. The van der Waals surface area contributed by atoms with Crippen LogP contribution < -0.4 is 5.43 Å². The second-order valence-corrected chi connectivity index (χ2v) is 6.12. The van der Waals surface area contributed by atoms with E-state index in [4.69, 9.17) is 0 Å². The highest BCUT2D eigenvalue weighted by molar-refractivity contribution is 6.04. The Labute approximate surface area is 150 Å². The van der Waals surface area contributed by atoms with Crippen LogP contribution in [-0.2, 0) is 0 Å². The quantitative estimate of drug-likeness (QED) is 0.428. The molecule has 0 fully saturated rings. The maximum atomic E-state index is 4.46. The van der Waals surface area contributed by atoms with Crippen molar-refractivity contribution in [2.24, 2.45) is 5.10 Å². The van der Waals surface area contributed by atoms with E-state index in [1.165, 1.54) is 0 Å². The number of anilines is 1. The van der Waals surface area contributed by atoms with Gasteiger partial charge in [-0.2, -0.15) is 10.1 Å². The van der Waals surface area contributed by atoms with Gasteiger partial charge in [0.15, 0.2) is 5.65 Å². The van der Waals surface area contributed by atoms with Crippen LogP contribution in [0.3, 0.4) is 0 Å². The third-order valence-corrected chi connectivity index (χ3v) is 4.08. The van der Waals surface area contributed by atoms with Crippen LogP contribution in [-0.4, -0.2) is 26.4 Å². The van der Waals surface area contributed by atoms with Crippen molar-refractivity contribution in [1.29, 1.82) is 0 Å². The summed E-state index contributed by atoms with van der Waals surface area (Å²) >= 11 is 0. The molecule has 0 bridgehead atoms. The lowest BCUT2D eigenvalue weighted by Gasteiger charge is -1.98. The number of hydrogen-bond acceptors (Lipinski definition) is 5. The van der Waals surface area contributed by atoms with E-state index in [9.17, 15) is 0 Å². The molecule has 6 heteroatoms. The number of hydrogen-bond donors (Lipinski definition) is 2. The van der Waals surface area contributed by atoms with E-state index in [0.29, 0.717) is 11.6 Å². The van der Waals surface area contributed by atoms with E-state index in [1.807, 2.05) is 55.5 Å². The standard InChI is InChI=1S/C20H18N6/c1-13(11-15-8-4-3-5-9-15)12-21-25-20-23-19-18(24-26-20)16-10-6-7-14(2)17(16)22-19/h3-12H,1-2H3,(H2,22,23,25,26)/b13-11-,21-12+. The van der Waals surface area contributed by atoms with Crippen molar-refractivity contribution in [1.82, 2.24) is 20.2 Å². The summed E-state index contributed by atoms with van der Waals surface area (Å²) < 4.78 is 0. The van der Waals surface area contributed by atoms with Crippen LogP contribution in [0.1, 0.15) is 18.1 Å². The predicted octanol–water partition coefficient (Wildman–Crippen LogP) is 4.32. The Morgan fingerprint density at radius 1 is 1.08 bits per heavy atom. The molecular weight excluding hydrogens is 324 g/mol. The molecule has 0 saturated carbocycles. The van der Waals surface area contributed by atoms with Crippen molar-refractivity contribution < 1.29 is 0 Å². The molecule has 0 aliphatic heterocycles. The fourth-order valence-electron chi connectivity index (χ4n) is 2.83. The minimum absolute atomic E-state index is 0.352. The van der Waals surface area contributed by atoms with Gasteiger partial charge in [-0.25, -0.2) is 5.43 Å². The molecular formula is C20H18N6. The number of allylic oxidation sites excluding steroid dienone is 1. The summed E-state index contributed by atoms with van der Waals surface area (Å²) in [7, 11) is 0. The van der Waals surface area contributed by atoms with Crippen LogP contribution >= 0.6 is 0 Å². The SMILES string of the molecule is CC(=C/c1ccccc1)/C=N/Nc1nnc2c(n1)[nH]c1c(C)cccc12. The van der Waals surface area contributed by atoms with Gasteiger partial charge in [0, 0.05) is 5.39 Å². The Morgan fingerprint density at radius 2 is 1.92 bits per heavy atom. The summed E-state index contributed by atoms with van der Waals surface area (Å²) in [6.07, 6.45) is 3.78. The molecule has 2 heterocycles. The van der Waals surface area contributed by atoms with Crippen LogP contribution in [0.4, 0.5) is 5.95 Å². The predicted molar refractivity (Wildman–Crippen MR) is 106 cm³/mol. The first-order valence-corrected chi connectivity index (χ1v) is 8.35. The molecule has 0 aliphatic rings. The topological polar surface area (TPSA) is 78.8 Å². The highest BCUT2D eigenvalue weighted by atomic mass is 15.4. The highest BCUT2D eigenvalue weighted by Crippen LogP contribution is 2.24. The molecule has 4 aromatic rings. The second-order valence-electron chi connectivity index (χ2n) is 6.12. The zero-order valence-electron chi connectivity index (χ0n) is 14.6. The molecule has 0 saturated heterocycles. The zero-order valence-corrected chi connectivity index (χ0v) is 14.6. The molecule has 0 amide bonds. The van der Waals surface area contributed by atoms with Crippen molar-refractivity contribution in [2.75, 3.05) is 5.43 Å². The number of para-hydroxylation sites is 1. The molecule has 2 aromatic heterocycles. The van der Waals surface area contributed by atoms with E-state index in [1.54, 1.807) is 6.21 Å². The van der Waals surface area contributed by atoms with Gasteiger partial charge in [0.25, 0.3) is 5.95 Å². The number of nitrogens with zero attached hydrogens (tertiary/aromatic N) is 4. The first-order valence-electron chi connectivity index (χ1n) is 8.35. The first kappa shape index (κ1) is 16.0. The number of fused-ring (bicyclic) bond motifs is 3. The van der Waals surface area contributed by atoms with Gasteiger partial charge in [-0.3, -0.25) is 0 Å². The lowest BCUT2D eigenvalue weighted by molar-refractivity contribution is 1.01. The van der Waals surface area contributed by atoms with Gasteiger partial charge in [0.05, 0.1) is 11.7 Å². The van der Waals surface area contributed by atoms with Crippen LogP contribution in [0.5, 0.6) is 0 Å². The number of nitrogens with one attached hydrogen (secondary N) is 2. The van der Waals surface area contributed by atoms with Crippen LogP contribution in [0.15, 0.2) is 59.2 Å². The van der Waals surface area contributed by atoms with Crippen molar-refractivity contribution in [3.05, 3.63) is 65.2 Å². The molecule has 0 aliphatic carbocycles. The average Bonchev–Trinajstić information content (AvgIpc) is 3.02. The summed E-state index contributed by atoms with van der Waals surface area (Å²) in [5.74, 6) is 0.352. The van der Waals surface area contributed by atoms with Gasteiger partial charge in [0.2, 0.25) is 0 Å². The summed E-state index contributed by atoms with van der Waals surface area (Å²) in [5.41, 5.74) is 8.62. The first-order chi connectivity index (χ1) is 12.7. The third-order valence-electron chi connectivity index (χ3n) is 4.08. The lowest BCUT2D eigenvalue weighted by Crippen LogP contribution is -1.98. The van der Waals surface area contributed by atoms with Crippen molar-refractivity contribution in [3.8, 4) is 0 Å². The normalized spacial score (nSPS) is 12.3. The molecule has 0 radical (unpaired) electrons. The molecule has 0 spiro atoms. The molecule has 128 valence electrons. The maximum Gasteiger partial charge on any atom is 0.265 e. The lowest BCUT2D eigenvalue weighted by atomic mass is 10.1. The minimum atomic E-state index is 0.352. The van der Waals surface area contributed by atoms with Gasteiger partial charge in [-0.1, -0.05) is 54.6 Å². The smallest absolute Gasteiger partial charge is 0.265 e. The molecule has 2 aromatic carbocycles. The van der Waals surface area contributed by atoms with Gasteiger partial charge in [-0.15, -0.1) is 10.2 Å². The van der Waals surface area contributed by atoms with Gasteiger partial charge in [-0.05, 0) is 30.5 Å². The number of benzene rings is 2. The minimum Gasteiger partial charge on any atom is -0.337 e. The van der Waals surface area contributed by atoms with E-state index in [-0.39, 0.29) is 0 Å². The zero-order chi connectivity index (χ0) is 17.9. The summed E-state index contributed by atoms with van der Waals surface area (Å²) in [6.45, 7) is 4.04. The Bertz CT molecular complexity index is 1130. The van der Waals surface area contributed by atoms with Crippen molar-refractivity contribution >= 4 is 40.3 Å². The summed E-state index contributed by atoms with van der Waals surface area (Å²) in [4.78, 5) is 7.76. The largest absolute Gasteiger partial charge is 0.337 e. The number of hydrazone groups is 1. The van der Waals surface area contributed by atoms with E-state index >= 15 is 0 Å². The number of aromatic amines is 1. The second kappa shape index (κ2) is 6.76. The molecule has 6 nitrogen and oxygen atoms in total. The Hall–Kier alpha value is -3.54. The Kier molecular flexibility index (Phi) is 4.15. The number of aryl methyl sites for hydroxylation is 1. The van der Waals surface area contributed by atoms with E-state index in [0.717, 1.165) is 33.1 Å². The van der Waals surface area contributed by atoms with Gasteiger partial charge >= 0.3 is 0 Å². The molecule has 26 heavy (non-hydrogen) atoms. The Balaban J connectivity index is 1.55. The maximum absolute atomic E-state index is 4.46. The van der Waals surface area contributed by atoms with E-state index < -0.39 is 0 Å². The third kappa shape index (κ3) is 3.17. The number of aromatic nitrogens is 4. The fraction of sp³-hybridized carbons (Fsp3) is 0.100. The highest BCUT2D eigenvalue weighted by Gasteiger charge is 2.09. The molecule has 0 atom stereocenters. The molecule has 0 unspecified atom stereocenters. The van der Waals surface area contributed by atoms with Crippen LogP contribution in [0, 0.1) is 6.92 Å². The van der Waals surface area contributed by atoms with Crippen LogP contribution in [0.25, 0.3) is 28.1 Å². The fourth-order valence-corrected chi connectivity index (χ4v) is 2.83. The molecule has 4 rings (SSSR count). The average molecular weight is 342 g/mol. The van der Waals surface area contributed by atoms with Gasteiger partial charge in [0.1, 0.15) is 5.52 Å².